The number of benzene rings is 1. The molecular weight excluding hydrogens is 252 g/mol. The van der Waals surface area contributed by atoms with E-state index in [0.717, 1.165) is 6.07 Å². The lowest BCUT2D eigenvalue weighted by atomic mass is 10.00. The van der Waals surface area contributed by atoms with Gasteiger partial charge in [0, 0.05) is 6.07 Å². The van der Waals surface area contributed by atoms with E-state index < -0.39 is 17.2 Å². The van der Waals surface area contributed by atoms with Crippen LogP contribution in [-0.4, -0.2) is 10.1 Å². The van der Waals surface area contributed by atoms with Crippen LogP contribution in [0.25, 0.3) is 11.5 Å². The fourth-order valence-corrected chi connectivity index (χ4v) is 1.54. The van der Waals surface area contributed by atoms with Crippen LogP contribution >= 0.6 is 0 Å². The maximum atomic E-state index is 13.7. The third-order valence-electron chi connectivity index (χ3n) is 3.15. The number of aromatic nitrogens is 2. The molecule has 0 bridgehead atoms. The minimum Gasteiger partial charge on any atom is -0.334 e. The maximum Gasteiger partial charge on any atom is 0.260 e. The summed E-state index contributed by atoms with van der Waals surface area (Å²) in [5.74, 6) is -1.06. The summed E-state index contributed by atoms with van der Waals surface area (Å²) in [6.07, 6.45) is 0.608. The van der Waals surface area contributed by atoms with Crippen molar-refractivity contribution >= 4 is 0 Å². The van der Waals surface area contributed by atoms with Gasteiger partial charge in [-0.15, -0.1) is 0 Å². The summed E-state index contributed by atoms with van der Waals surface area (Å²) < 4.78 is 31.9. The molecule has 1 atom stereocenters. The zero-order chi connectivity index (χ0) is 14.2. The quantitative estimate of drug-likeness (QED) is 0.928. The van der Waals surface area contributed by atoms with Crippen molar-refractivity contribution in [3.05, 3.63) is 35.2 Å². The summed E-state index contributed by atoms with van der Waals surface area (Å²) >= 11 is 0. The van der Waals surface area contributed by atoms with Crippen molar-refractivity contribution in [3.8, 4) is 11.5 Å². The van der Waals surface area contributed by atoms with Gasteiger partial charge in [-0.25, -0.2) is 8.78 Å². The number of rotatable bonds is 3. The van der Waals surface area contributed by atoms with E-state index in [1.807, 2.05) is 6.92 Å². The molecule has 102 valence electrons. The first-order chi connectivity index (χ1) is 8.85. The molecule has 0 aliphatic rings. The highest BCUT2D eigenvalue weighted by atomic mass is 19.1. The van der Waals surface area contributed by atoms with Crippen LogP contribution < -0.4 is 5.73 Å². The fraction of sp³-hybridized carbons (Fsp3) is 0.385. The van der Waals surface area contributed by atoms with Gasteiger partial charge in [0.1, 0.15) is 11.6 Å². The highest BCUT2D eigenvalue weighted by Crippen LogP contribution is 2.26. The first-order valence-electron chi connectivity index (χ1n) is 5.94. The first-order valence-corrected chi connectivity index (χ1v) is 5.94. The zero-order valence-corrected chi connectivity index (χ0v) is 11.0. The molecule has 4 nitrogen and oxygen atoms in total. The Hall–Kier alpha value is -1.82. The lowest BCUT2D eigenvalue weighted by molar-refractivity contribution is 0.378. The van der Waals surface area contributed by atoms with Gasteiger partial charge in [0.05, 0.1) is 11.1 Å². The number of halogens is 2. The highest BCUT2D eigenvalue weighted by Gasteiger charge is 2.26. The predicted octanol–water partition coefficient (Wildman–Crippen LogP) is 2.91. The summed E-state index contributed by atoms with van der Waals surface area (Å²) in [4.78, 5) is 4.09. The molecule has 19 heavy (non-hydrogen) atoms. The zero-order valence-electron chi connectivity index (χ0n) is 11.0. The van der Waals surface area contributed by atoms with E-state index in [-0.39, 0.29) is 11.5 Å². The van der Waals surface area contributed by atoms with Crippen molar-refractivity contribution in [2.45, 2.75) is 32.7 Å². The predicted molar refractivity (Wildman–Crippen MR) is 66.2 cm³/mol. The van der Waals surface area contributed by atoms with Crippen molar-refractivity contribution < 1.29 is 13.3 Å². The molecule has 0 spiro atoms. The molecule has 2 N–H and O–H groups in total. The Morgan fingerprint density at radius 3 is 2.63 bits per heavy atom. The van der Waals surface area contributed by atoms with Crippen LogP contribution in [0.3, 0.4) is 0 Å². The summed E-state index contributed by atoms with van der Waals surface area (Å²) in [7, 11) is 0. The molecule has 0 radical (unpaired) electrons. The summed E-state index contributed by atoms with van der Waals surface area (Å²) in [6.45, 7) is 5.18. The minimum absolute atomic E-state index is 0.000671. The van der Waals surface area contributed by atoms with Crippen molar-refractivity contribution in [3.63, 3.8) is 0 Å². The average molecular weight is 267 g/mol. The first kappa shape index (κ1) is 13.6. The fourth-order valence-electron chi connectivity index (χ4n) is 1.54. The van der Waals surface area contributed by atoms with Gasteiger partial charge in [0.25, 0.3) is 5.89 Å². The van der Waals surface area contributed by atoms with E-state index in [9.17, 15) is 8.78 Å². The summed E-state index contributed by atoms with van der Waals surface area (Å²) in [5, 5.41) is 3.76. The van der Waals surface area contributed by atoms with Gasteiger partial charge in [-0.3, -0.25) is 0 Å². The second kappa shape index (κ2) is 4.70. The third kappa shape index (κ3) is 2.49. The molecule has 0 saturated carbocycles. The third-order valence-corrected chi connectivity index (χ3v) is 3.15. The lowest BCUT2D eigenvalue weighted by Gasteiger charge is -2.16. The van der Waals surface area contributed by atoms with E-state index in [1.54, 1.807) is 6.92 Å². The number of aryl methyl sites for hydroxylation is 1. The SMILES string of the molecule is CCC(C)(N)c1noc(-c2cc(C)c(F)cc2F)n1. The van der Waals surface area contributed by atoms with Crippen LogP contribution in [0.15, 0.2) is 16.7 Å². The Bertz CT molecular complexity index is 608. The van der Waals surface area contributed by atoms with Crippen LogP contribution in [-0.2, 0) is 5.54 Å². The van der Waals surface area contributed by atoms with Crippen molar-refractivity contribution in [2.75, 3.05) is 0 Å². The molecule has 2 rings (SSSR count). The second-order valence-electron chi connectivity index (χ2n) is 4.78. The highest BCUT2D eigenvalue weighted by molar-refractivity contribution is 5.55. The smallest absolute Gasteiger partial charge is 0.260 e. The van der Waals surface area contributed by atoms with Crippen molar-refractivity contribution in [1.29, 1.82) is 0 Å². The number of hydrogen-bond donors (Lipinski definition) is 1. The van der Waals surface area contributed by atoms with Gasteiger partial charge < -0.3 is 10.3 Å². The molecule has 6 heteroatoms. The lowest BCUT2D eigenvalue weighted by Crippen LogP contribution is -2.33. The average Bonchev–Trinajstić information content (AvgIpc) is 2.84. The van der Waals surface area contributed by atoms with Gasteiger partial charge in [0.2, 0.25) is 0 Å². The van der Waals surface area contributed by atoms with E-state index in [1.165, 1.54) is 13.0 Å². The topological polar surface area (TPSA) is 64.9 Å². The van der Waals surface area contributed by atoms with Gasteiger partial charge in [-0.2, -0.15) is 4.98 Å². The Morgan fingerprint density at radius 2 is 2.00 bits per heavy atom. The van der Waals surface area contributed by atoms with Crippen LogP contribution in [0.1, 0.15) is 31.7 Å². The summed E-state index contributed by atoms with van der Waals surface area (Å²) in [6, 6.07) is 2.14. The molecule has 2 aromatic rings. The molecule has 1 heterocycles. The van der Waals surface area contributed by atoms with E-state index in [0.29, 0.717) is 17.8 Å². The van der Waals surface area contributed by atoms with Crippen LogP contribution in [0.5, 0.6) is 0 Å². The van der Waals surface area contributed by atoms with Crippen LogP contribution in [0, 0.1) is 18.6 Å². The Morgan fingerprint density at radius 1 is 1.32 bits per heavy atom. The van der Waals surface area contributed by atoms with E-state index in [2.05, 4.69) is 10.1 Å². The van der Waals surface area contributed by atoms with Gasteiger partial charge in [0.15, 0.2) is 5.82 Å². The van der Waals surface area contributed by atoms with Gasteiger partial charge in [-0.05, 0) is 31.9 Å². The number of nitrogens with zero attached hydrogens (tertiary/aromatic N) is 2. The Kier molecular flexibility index (Phi) is 3.36. The standard InChI is InChI=1S/C13H15F2N3O/c1-4-13(3,16)12-17-11(19-18-12)8-5-7(2)9(14)6-10(8)15/h5-6H,4,16H2,1-3H3. The molecule has 1 aromatic carbocycles. The Labute approximate surface area is 109 Å². The molecule has 0 fully saturated rings. The van der Waals surface area contributed by atoms with E-state index >= 15 is 0 Å². The molecule has 0 saturated heterocycles. The van der Waals surface area contributed by atoms with Gasteiger partial charge in [-0.1, -0.05) is 12.1 Å². The molecule has 1 unspecified atom stereocenters. The van der Waals surface area contributed by atoms with Crippen molar-refractivity contribution in [1.82, 2.24) is 10.1 Å². The maximum absolute atomic E-state index is 13.7. The molecular formula is C13H15F2N3O. The Balaban J connectivity index is 2.47. The minimum atomic E-state index is -0.743. The second-order valence-corrected chi connectivity index (χ2v) is 4.78. The van der Waals surface area contributed by atoms with Crippen LogP contribution in [0.4, 0.5) is 8.78 Å². The molecule has 0 amide bonds. The summed E-state index contributed by atoms with van der Waals surface area (Å²) in [5.41, 5.74) is 5.62. The van der Waals surface area contributed by atoms with E-state index in [4.69, 9.17) is 10.3 Å². The molecule has 1 aromatic heterocycles. The number of hydrogen-bond acceptors (Lipinski definition) is 4. The number of nitrogens with two attached hydrogens (primary N) is 1. The van der Waals surface area contributed by atoms with Crippen LogP contribution in [0.2, 0.25) is 0 Å². The normalized spacial score (nSPS) is 14.4. The van der Waals surface area contributed by atoms with Gasteiger partial charge >= 0.3 is 0 Å². The van der Waals surface area contributed by atoms with Crippen molar-refractivity contribution in [2.24, 2.45) is 5.73 Å². The molecule has 0 aliphatic heterocycles. The largest absolute Gasteiger partial charge is 0.334 e. The molecule has 0 aliphatic carbocycles. The monoisotopic (exact) mass is 267 g/mol.